The fourth-order valence-electron chi connectivity index (χ4n) is 1.68. The Morgan fingerprint density at radius 2 is 2.06 bits per heavy atom. The maximum atomic E-state index is 13.3. The molecule has 0 radical (unpaired) electrons. The normalized spacial score (nSPS) is 10.8. The van der Waals surface area contributed by atoms with E-state index in [-0.39, 0.29) is 6.54 Å². The average molecular weight is 251 g/mol. The summed E-state index contributed by atoms with van der Waals surface area (Å²) in [4.78, 5) is 0. The molecule has 5 heteroatoms. The van der Waals surface area contributed by atoms with E-state index in [4.69, 9.17) is 0 Å². The Balaban J connectivity index is 1.90. The van der Waals surface area contributed by atoms with E-state index in [2.05, 4.69) is 10.4 Å². The molecule has 0 spiro atoms. The van der Waals surface area contributed by atoms with Gasteiger partial charge in [0.05, 0.1) is 5.69 Å². The molecule has 0 unspecified atom stereocenters. The van der Waals surface area contributed by atoms with Crippen LogP contribution < -0.4 is 5.32 Å². The van der Waals surface area contributed by atoms with Gasteiger partial charge in [0.1, 0.15) is 11.6 Å². The van der Waals surface area contributed by atoms with Gasteiger partial charge >= 0.3 is 0 Å². The van der Waals surface area contributed by atoms with Crippen molar-refractivity contribution in [3.63, 3.8) is 0 Å². The third-order valence-corrected chi connectivity index (χ3v) is 2.65. The monoisotopic (exact) mass is 251 g/mol. The molecular formula is C13H15F2N3. The summed E-state index contributed by atoms with van der Waals surface area (Å²) in [5, 5.41) is 7.33. The zero-order valence-corrected chi connectivity index (χ0v) is 10.2. The van der Waals surface area contributed by atoms with Gasteiger partial charge in [0.2, 0.25) is 0 Å². The van der Waals surface area contributed by atoms with E-state index in [1.807, 2.05) is 23.9 Å². The van der Waals surface area contributed by atoms with E-state index in [9.17, 15) is 8.78 Å². The number of halogens is 2. The Bertz CT molecular complexity index is 523. The summed E-state index contributed by atoms with van der Waals surface area (Å²) < 4.78 is 28.1. The fraction of sp³-hybridized carbons (Fsp3) is 0.308. The number of hydrogen-bond donors (Lipinski definition) is 1. The standard InChI is InChI=1S/C13H15F2N3/c1-2-18-6-5-12(17-18)9-16-8-10-7-11(14)3-4-13(10)15/h3-7,16H,2,8-9H2,1H3. The Morgan fingerprint density at radius 3 is 2.78 bits per heavy atom. The minimum Gasteiger partial charge on any atom is -0.307 e. The van der Waals surface area contributed by atoms with Crippen LogP contribution in [0.3, 0.4) is 0 Å². The first kappa shape index (κ1) is 12.7. The lowest BCUT2D eigenvalue weighted by Gasteiger charge is -2.04. The van der Waals surface area contributed by atoms with Crippen LogP contribution in [0.2, 0.25) is 0 Å². The smallest absolute Gasteiger partial charge is 0.127 e. The van der Waals surface area contributed by atoms with Crippen LogP contribution in [0.5, 0.6) is 0 Å². The SMILES string of the molecule is CCn1ccc(CNCc2cc(F)ccc2F)n1. The molecule has 1 heterocycles. The molecule has 0 aliphatic heterocycles. The number of aromatic nitrogens is 2. The van der Waals surface area contributed by atoms with Gasteiger partial charge in [-0.15, -0.1) is 0 Å². The highest BCUT2D eigenvalue weighted by Gasteiger charge is 2.04. The second kappa shape index (κ2) is 5.73. The van der Waals surface area contributed by atoms with Gasteiger partial charge in [0.25, 0.3) is 0 Å². The molecule has 0 amide bonds. The summed E-state index contributed by atoms with van der Waals surface area (Å²) in [5.74, 6) is -0.827. The van der Waals surface area contributed by atoms with Crippen molar-refractivity contribution >= 4 is 0 Å². The van der Waals surface area contributed by atoms with E-state index < -0.39 is 11.6 Å². The highest BCUT2D eigenvalue weighted by atomic mass is 19.1. The Kier molecular flexibility index (Phi) is 4.04. The average Bonchev–Trinajstić information content (AvgIpc) is 2.81. The summed E-state index contributed by atoms with van der Waals surface area (Å²) in [5.41, 5.74) is 1.21. The summed E-state index contributed by atoms with van der Waals surface area (Å²) >= 11 is 0. The topological polar surface area (TPSA) is 29.9 Å². The van der Waals surface area contributed by atoms with Crippen molar-refractivity contribution in [1.29, 1.82) is 0 Å². The van der Waals surface area contributed by atoms with Crippen LogP contribution >= 0.6 is 0 Å². The molecule has 0 aliphatic rings. The van der Waals surface area contributed by atoms with Gasteiger partial charge in [-0.1, -0.05) is 0 Å². The predicted molar refractivity (Wildman–Crippen MR) is 64.8 cm³/mol. The van der Waals surface area contributed by atoms with E-state index in [0.717, 1.165) is 24.4 Å². The second-order valence-electron chi connectivity index (χ2n) is 4.00. The van der Waals surface area contributed by atoms with E-state index in [1.54, 1.807) is 0 Å². The van der Waals surface area contributed by atoms with Crippen LogP contribution in [0.25, 0.3) is 0 Å². The zero-order valence-electron chi connectivity index (χ0n) is 10.2. The van der Waals surface area contributed by atoms with Gasteiger partial charge in [-0.2, -0.15) is 5.10 Å². The third-order valence-electron chi connectivity index (χ3n) is 2.65. The molecule has 0 saturated heterocycles. The highest BCUT2D eigenvalue weighted by molar-refractivity contribution is 5.18. The first-order valence-corrected chi connectivity index (χ1v) is 5.86. The number of nitrogens with one attached hydrogen (secondary N) is 1. The molecule has 0 fully saturated rings. The van der Waals surface area contributed by atoms with Gasteiger partial charge in [0, 0.05) is 31.4 Å². The molecule has 1 N–H and O–H groups in total. The van der Waals surface area contributed by atoms with E-state index in [1.165, 1.54) is 6.07 Å². The minimum atomic E-state index is -0.427. The van der Waals surface area contributed by atoms with Gasteiger partial charge in [0.15, 0.2) is 0 Å². The molecule has 96 valence electrons. The van der Waals surface area contributed by atoms with E-state index >= 15 is 0 Å². The largest absolute Gasteiger partial charge is 0.307 e. The molecule has 0 saturated carbocycles. The van der Waals surface area contributed by atoms with Crippen molar-refractivity contribution in [2.75, 3.05) is 0 Å². The minimum absolute atomic E-state index is 0.280. The number of nitrogens with zero attached hydrogens (tertiary/aromatic N) is 2. The maximum Gasteiger partial charge on any atom is 0.127 e. The lowest BCUT2D eigenvalue weighted by Crippen LogP contribution is -2.14. The highest BCUT2D eigenvalue weighted by Crippen LogP contribution is 2.09. The summed E-state index contributed by atoms with van der Waals surface area (Å²) in [7, 11) is 0. The Hall–Kier alpha value is -1.75. The van der Waals surface area contributed by atoms with Crippen LogP contribution in [-0.2, 0) is 19.6 Å². The van der Waals surface area contributed by atoms with Crippen LogP contribution in [0.15, 0.2) is 30.5 Å². The fourth-order valence-corrected chi connectivity index (χ4v) is 1.68. The number of rotatable bonds is 5. The van der Waals surface area contributed by atoms with Crippen molar-refractivity contribution in [2.45, 2.75) is 26.6 Å². The number of benzene rings is 1. The first-order valence-electron chi connectivity index (χ1n) is 5.86. The molecule has 2 aromatic rings. The Morgan fingerprint density at radius 1 is 1.22 bits per heavy atom. The van der Waals surface area contributed by atoms with Crippen molar-refractivity contribution in [3.8, 4) is 0 Å². The van der Waals surface area contributed by atoms with Crippen molar-refractivity contribution in [1.82, 2.24) is 15.1 Å². The lowest BCUT2D eigenvalue weighted by molar-refractivity contribution is 0.564. The second-order valence-corrected chi connectivity index (χ2v) is 4.00. The number of aryl methyl sites for hydroxylation is 1. The van der Waals surface area contributed by atoms with Gasteiger partial charge < -0.3 is 5.32 Å². The Labute approximate surface area is 104 Å². The quantitative estimate of drug-likeness (QED) is 0.884. The van der Waals surface area contributed by atoms with Crippen molar-refractivity contribution < 1.29 is 8.78 Å². The van der Waals surface area contributed by atoms with E-state index in [0.29, 0.717) is 12.1 Å². The summed E-state index contributed by atoms with van der Waals surface area (Å²) in [6.45, 7) is 3.64. The molecule has 0 aliphatic carbocycles. The van der Waals surface area contributed by atoms with Crippen LogP contribution in [-0.4, -0.2) is 9.78 Å². The summed E-state index contributed by atoms with van der Waals surface area (Å²) in [6, 6.07) is 5.35. The molecule has 1 aromatic heterocycles. The molecule has 18 heavy (non-hydrogen) atoms. The maximum absolute atomic E-state index is 13.3. The zero-order chi connectivity index (χ0) is 13.0. The molecule has 1 aromatic carbocycles. The predicted octanol–water partition coefficient (Wildman–Crippen LogP) is 2.47. The van der Waals surface area contributed by atoms with Gasteiger partial charge in [-0.3, -0.25) is 4.68 Å². The molecule has 0 atom stereocenters. The van der Waals surface area contributed by atoms with Gasteiger partial charge in [-0.25, -0.2) is 8.78 Å². The third kappa shape index (κ3) is 3.13. The van der Waals surface area contributed by atoms with Crippen molar-refractivity contribution in [2.24, 2.45) is 0 Å². The van der Waals surface area contributed by atoms with Gasteiger partial charge in [-0.05, 0) is 31.2 Å². The van der Waals surface area contributed by atoms with Crippen molar-refractivity contribution in [3.05, 3.63) is 53.4 Å². The van der Waals surface area contributed by atoms with Crippen LogP contribution in [0, 0.1) is 11.6 Å². The lowest BCUT2D eigenvalue weighted by atomic mass is 10.2. The van der Waals surface area contributed by atoms with Crippen LogP contribution in [0.4, 0.5) is 8.78 Å². The number of hydrogen-bond acceptors (Lipinski definition) is 2. The van der Waals surface area contributed by atoms with Crippen LogP contribution in [0.1, 0.15) is 18.2 Å². The summed E-state index contributed by atoms with van der Waals surface area (Å²) in [6.07, 6.45) is 1.89. The molecule has 3 nitrogen and oxygen atoms in total. The molecular weight excluding hydrogens is 236 g/mol. The molecule has 0 bridgehead atoms. The first-order chi connectivity index (χ1) is 8.69. The molecule has 2 rings (SSSR count).